The Kier molecular flexibility index (Phi) is 7.28. The van der Waals surface area contributed by atoms with E-state index in [0.29, 0.717) is 5.56 Å². The number of aromatic hydroxyl groups is 6. The number of phenols is 6. The molecular weight excluding hydrogens is 540 g/mol. The third kappa shape index (κ3) is 5.39. The standard InChI is InChI=1S/C29H28O12/c30-18-9-16(10-19(31)12-18)27(37)40-25-24(36)13-39-26(25)29(17-2-4-21(33)23(35)11-17)6-5-15(28(38)41-29)7-14-1-3-20(32)22(34)8-14/h1-4,8-12,15,24-26,30-36H,5-7,13H2. The quantitative estimate of drug-likeness (QED) is 0.169. The van der Waals surface area contributed by atoms with Crippen molar-refractivity contribution in [1.82, 2.24) is 0 Å². The van der Waals surface area contributed by atoms with Crippen LogP contribution in [-0.2, 0) is 31.0 Å². The lowest BCUT2D eigenvalue weighted by molar-refractivity contribution is -0.203. The fourth-order valence-corrected chi connectivity index (χ4v) is 5.38. The van der Waals surface area contributed by atoms with E-state index in [9.17, 15) is 45.3 Å². The summed E-state index contributed by atoms with van der Waals surface area (Å²) in [6, 6.07) is 11.2. The van der Waals surface area contributed by atoms with Crippen molar-refractivity contribution in [3.05, 3.63) is 71.3 Å². The first-order valence-electron chi connectivity index (χ1n) is 12.8. The smallest absolute Gasteiger partial charge is 0.338 e. The first-order chi connectivity index (χ1) is 19.5. The van der Waals surface area contributed by atoms with Crippen molar-refractivity contribution in [2.45, 2.75) is 43.2 Å². The van der Waals surface area contributed by atoms with E-state index in [2.05, 4.69) is 0 Å². The van der Waals surface area contributed by atoms with E-state index >= 15 is 0 Å². The second-order valence-corrected chi connectivity index (χ2v) is 10.2. The van der Waals surface area contributed by atoms with Gasteiger partial charge in [0.2, 0.25) is 0 Å². The highest BCUT2D eigenvalue weighted by Crippen LogP contribution is 2.48. The van der Waals surface area contributed by atoms with Gasteiger partial charge in [0, 0.05) is 11.6 Å². The van der Waals surface area contributed by atoms with Gasteiger partial charge in [-0.25, -0.2) is 4.79 Å². The van der Waals surface area contributed by atoms with Gasteiger partial charge in [-0.1, -0.05) is 12.1 Å². The molecule has 3 aromatic carbocycles. The van der Waals surface area contributed by atoms with Crippen LogP contribution in [0.4, 0.5) is 0 Å². The third-order valence-corrected chi connectivity index (χ3v) is 7.43. The van der Waals surface area contributed by atoms with Gasteiger partial charge in [0.25, 0.3) is 0 Å². The van der Waals surface area contributed by atoms with Crippen LogP contribution < -0.4 is 0 Å². The summed E-state index contributed by atoms with van der Waals surface area (Å²) in [6.45, 7) is -0.284. The molecule has 12 nitrogen and oxygen atoms in total. The first-order valence-corrected chi connectivity index (χ1v) is 12.8. The molecule has 3 aromatic rings. The summed E-state index contributed by atoms with van der Waals surface area (Å²) < 4.78 is 17.5. The van der Waals surface area contributed by atoms with Crippen LogP contribution >= 0.6 is 0 Å². The first kappa shape index (κ1) is 27.9. The molecule has 2 aliphatic rings. The molecule has 0 saturated carbocycles. The number of hydrogen-bond donors (Lipinski definition) is 7. The van der Waals surface area contributed by atoms with Crippen LogP contribution in [0.2, 0.25) is 0 Å². The van der Waals surface area contributed by atoms with Crippen molar-refractivity contribution < 1.29 is 59.5 Å². The Morgan fingerprint density at radius 3 is 2.17 bits per heavy atom. The second-order valence-electron chi connectivity index (χ2n) is 10.2. The van der Waals surface area contributed by atoms with E-state index in [0.717, 1.165) is 18.2 Å². The van der Waals surface area contributed by atoms with Gasteiger partial charge in [-0.05, 0) is 61.2 Å². The number of hydrogen-bond acceptors (Lipinski definition) is 12. The summed E-state index contributed by atoms with van der Waals surface area (Å²) in [7, 11) is 0. The van der Waals surface area contributed by atoms with Gasteiger partial charge < -0.3 is 50.0 Å². The maximum Gasteiger partial charge on any atom is 0.338 e. The van der Waals surface area contributed by atoms with E-state index in [-0.39, 0.29) is 60.0 Å². The van der Waals surface area contributed by atoms with Crippen LogP contribution in [0.25, 0.3) is 0 Å². The van der Waals surface area contributed by atoms with Crippen molar-refractivity contribution in [3.63, 3.8) is 0 Å². The summed E-state index contributed by atoms with van der Waals surface area (Å²) in [5.74, 6) is -4.65. The summed E-state index contributed by atoms with van der Waals surface area (Å²) in [5.41, 5.74) is -1.07. The Hall–Kier alpha value is -4.68. The Labute approximate surface area is 233 Å². The highest BCUT2D eigenvalue weighted by molar-refractivity contribution is 5.90. The van der Waals surface area contributed by atoms with Gasteiger partial charge >= 0.3 is 11.9 Å². The molecule has 0 bridgehead atoms. The van der Waals surface area contributed by atoms with Gasteiger partial charge in [0.1, 0.15) is 23.7 Å². The molecule has 216 valence electrons. The number of cyclic esters (lactones) is 1. The van der Waals surface area contributed by atoms with Gasteiger partial charge in [0.15, 0.2) is 34.7 Å². The van der Waals surface area contributed by atoms with Crippen molar-refractivity contribution in [1.29, 1.82) is 0 Å². The molecule has 2 heterocycles. The maximum absolute atomic E-state index is 13.4. The molecule has 2 aliphatic heterocycles. The van der Waals surface area contributed by atoms with Crippen LogP contribution in [0, 0.1) is 5.92 Å². The molecule has 0 spiro atoms. The van der Waals surface area contributed by atoms with Gasteiger partial charge in [0.05, 0.1) is 18.1 Å². The molecular formula is C29H28O12. The molecule has 0 radical (unpaired) electrons. The minimum absolute atomic E-state index is 0.0933. The lowest BCUT2D eigenvalue weighted by Crippen LogP contribution is -2.54. The number of aliphatic hydroxyl groups excluding tert-OH is 1. The number of carbonyl (C=O) groups is 2. The molecule has 0 aromatic heterocycles. The lowest BCUT2D eigenvalue weighted by atomic mass is 9.76. The number of ether oxygens (including phenoxy) is 3. The Morgan fingerprint density at radius 1 is 0.878 bits per heavy atom. The third-order valence-electron chi connectivity index (χ3n) is 7.43. The molecule has 41 heavy (non-hydrogen) atoms. The average Bonchev–Trinajstić information content (AvgIpc) is 3.28. The lowest BCUT2D eigenvalue weighted by Gasteiger charge is -2.44. The highest BCUT2D eigenvalue weighted by atomic mass is 16.6. The van der Waals surface area contributed by atoms with E-state index in [1.807, 2.05) is 0 Å². The van der Waals surface area contributed by atoms with Crippen molar-refractivity contribution >= 4 is 11.9 Å². The van der Waals surface area contributed by atoms with Crippen LogP contribution in [0.3, 0.4) is 0 Å². The van der Waals surface area contributed by atoms with Crippen molar-refractivity contribution in [3.8, 4) is 34.5 Å². The number of benzene rings is 3. The van der Waals surface area contributed by atoms with Crippen molar-refractivity contribution in [2.75, 3.05) is 6.61 Å². The fraction of sp³-hybridized carbons (Fsp3) is 0.310. The summed E-state index contributed by atoms with van der Waals surface area (Å²) in [6.07, 6.45) is -3.47. The topological polar surface area (TPSA) is 203 Å². The van der Waals surface area contributed by atoms with Gasteiger partial charge in [-0.2, -0.15) is 0 Å². The molecule has 0 aliphatic carbocycles. The second kappa shape index (κ2) is 10.7. The molecule has 2 saturated heterocycles. The van der Waals surface area contributed by atoms with Crippen LogP contribution in [-0.4, -0.2) is 72.6 Å². The molecule has 12 heteroatoms. The van der Waals surface area contributed by atoms with Crippen molar-refractivity contribution in [2.24, 2.45) is 5.92 Å². The number of aliphatic hydroxyl groups is 1. The van der Waals surface area contributed by atoms with Crippen LogP contribution in [0.5, 0.6) is 34.5 Å². The zero-order valence-electron chi connectivity index (χ0n) is 21.5. The van der Waals surface area contributed by atoms with E-state index in [1.165, 1.54) is 30.3 Å². The fourth-order valence-electron chi connectivity index (χ4n) is 5.38. The molecule has 0 amide bonds. The molecule has 7 N–H and O–H groups in total. The normalized spacial score (nSPS) is 25.9. The monoisotopic (exact) mass is 568 g/mol. The molecule has 2 fully saturated rings. The van der Waals surface area contributed by atoms with Crippen LogP contribution in [0.1, 0.15) is 34.3 Å². The number of esters is 2. The number of carbonyl (C=O) groups excluding carboxylic acids is 2. The maximum atomic E-state index is 13.4. The van der Waals surface area contributed by atoms with Crippen LogP contribution in [0.15, 0.2) is 54.6 Å². The molecule has 5 rings (SSSR count). The largest absolute Gasteiger partial charge is 0.508 e. The minimum Gasteiger partial charge on any atom is -0.508 e. The zero-order chi connectivity index (χ0) is 29.5. The van der Waals surface area contributed by atoms with E-state index < -0.39 is 53.3 Å². The van der Waals surface area contributed by atoms with E-state index in [4.69, 9.17) is 14.2 Å². The number of phenolic OH excluding ortho intramolecular Hbond substituents is 6. The SMILES string of the molecule is O=C(OC1C(O)COC1C1(c2ccc(O)c(O)c2)CCC(Cc2ccc(O)c(O)c2)C(=O)O1)c1cc(O)cc(O)c1. The van der Waals surface area contributed by atoms with Gasteiger partial charge in [-0.15, -0.1) is 0 Å². The van der Waals surface area contributed by atoms with E-state index in [1.54, 1.807) is 6.07 Å². The Morgan fingerprint density at radius 2 is 1.54 bits per heavy atom. The predicted molar refractivity (Wildman–Crippen MR) is 138 cm³/mol. The van der Waals surface area contributed by atoms with Gasteiger partial charge in [-0.3, -0.25) is 4.79 Å². The Balaban J connectivity index is 1.47. The molecule has 5 unspecified atom stereocenters. The molecule has 5 atom stereocenters. The summed E-state index contributed by atoms with van der Waals surface area (Å²) >= 11 is 0. The summed E-state index contributed by atoms with van der Waals surface area (Å²) in [5, 5.41) is 69.9. The zero-order valence-corrected chi connectivity index (χ0v) is 21.5. The predicted octanol–water partition coefficient (Wildman–Crippen LogP) is 2.30. The number of rotatable bonds is 6. The summed E-state index contributed by atoms with van der Waals surface area (Å²) in [4.78, 5) is 26.4. The minimum atomic E-state index is -1.67. The highest BCUT2D eigenvalue weighted by Gasteiger charge is 2.57. The average molecular weight is 569 g/mol. The Bertz CT molecular complexity index is 1470.